The summed E-state index contributed by atoms with van der Waals surface area (Å²) in [5, 5.41) is 28.4. The van der Waals surface area contributed by atoms with E-state index in [2.05, 4.69) is 0 Å². The van der Waals surface area contributed by atoms with Crippen LogP contribution in [0.3, 0.4) is 0 Å². The molecule has 12 nitrogen and oxygen atoms in total. The zero-order chi connectivity index (χ0) is 30.5. The highest BCUT2D eigenvalue weighted by Crippen LogP contribution is 2.58. The number of methoxy groups -OCH3 is 1. The molecule has 42 heavy (non-hydrogen) atoms. The number of hydrogen-bond acceptors (Lipinski definition) is 8. The number of ether oxygens (including phenoxy) is 1. The van der Waals surface area contributed by atoms with Gasteiger partial charge in [0, 0.05) is 31.8 Å². The summed E-state index contributed by atoms with van der Waals surface area (Å²) < 4.78 is 5.30. The zero-order valence-electron chi connectivity index (χ0n) is 22.8. The lowest BCUT2D eigenvalue weighted by molar-refractivity contribution is -0.143. The predicted molar refractivity (Wildman–Crippen MR) is 144 cm³/mol. The predicted octanol–water partition coefficient (Wildman–Crippen LogP) is 2.42. The summed E-state index contributed by atoms with van der Waals surface area (Å²) in [5.41, 5.74) is 1.23. The van der Waals surface area contributed by atoms with Gasteiger partial charge in [0.25, 0.3) is 0 Å². The number of halogens is 1. The Morgan fingerprint density at radius 3 is 2.02 bits per heavy atom. The highest BCUT2D eigenvalue weighted by atomic mass is 35.5. The van der Waals surface area contributed by atoms with Crippen molar-refractivity contribution in [2.45, 2.75) is 44.4 Å². The van der Waals surface area contributed by atoms with Crippen molar-refractivity contribution in [1.82, 2.24) is 9.80 Å². The molecular formula is C29H31ClN2O10. The number of aliphatic carboxylic acids is 2. The topological polar surface area (TPSA) is 179 Å². The van der Waals surface area contributed by atoms with Crippen molar-refractivity contribution in [2.75, 3.05) is 20.2 Å². The molecule has 2 aliphatic heterocycles. The first-order chi connectivity index (χ1) is 20.0. The Morgan fingerprint density at radius 2 is 1.45 bits per heavy atom. The number of hydrogen-bond donors (Lipinski definition) is 3. The number of allylic oxidation sites excluding steroid dienone is 2. The normalized spacial score (nSPS) is 28.4. The number of imide groups is 2. The molecule has 3 N–H and O–H groups in total. The number of carboxylic acids is 2. The SMILES string of the molecule is COc1cc(C2C3=CCC4C(=O)N(CCCC(=O)O)C(=O)C4C3CC3C(=O)N(CCCC(=O)O)C(=O)C32)cc(Cl)c1O. The Balaban J connectivity index is 1.55. The fraction of sp³-hybridized carbons (Fsp3) is 0.517. The zero-order valence-corrected chi connectivity index (χ0v) is 23.6. The van der Waals surface area contributed by atoms with E-state index in [-0.39, 0.29) is 74.0 Å². The van der Waals surface area contributed by atoms with Crippen LogP contribution in [-0.4, -0.2) is 80.9 Å². The highest BCUT2D eigenvalue weighted by molar-refractivity contribution is 6.32. The number of likely N-dealkylation sites (tertiary alicyclic amines) is 2. The van der Waals surface area contributed by atoms with Crippen molar-refractivity contribution in [3.05, 3.63) is 34.4 Å². The van der Waals surface area contributed by atoms with Gasteiger partial charge in [0.05, 0.1) is 35.8 Å². The summed E-state index contributed by atoms with van der Waals surface area (Å²) in [7, 11) is 1.35. The summed E-state index contributed by atoms with van der Waals surface area (Å²) in [6.45, 7) is -0.0814. The largest absolute Gasteiger partial charge is 0.503 e. The third-order valence-corrected chi connectivity index (χ3v) is 9.29. The third kappa shape index (κ3) is 4.91. The number of carbonyl (C=O) groups is 6. The van der Waals surface area contributed by atoms with E-state index in [1.165, 1.54) is 13.2 Å². The Bertz CT molecular complexity index is 1410. The van der Waals surface area contributed by atoms with Crippen molar-refractivity contribution in [2.24, 2.45) is 29.6 Å². The number of phenolic OH excluding ortho intramolecular Hbond substituents is 1. The summed E-state index contributed by atoms with van der Waals surface area (Å²) in [6, 6.07) is 3.05. The smallest absolute Gasteiger partial charge is 0.303 e. The first-order valence-corrected chi connectivity index (χ1v) is 14.2. The van der Waals surface area contributed by atoms with Crippen LogP contribution in [0.1, 0.15) is 50.0 Å². The van der Waals surface area contributed by atoms with Crippen LogP contribution >= 0.6 is 11.6 Å². The van der Waals surface area contributed by atoms with Gasteiger partial charge < -0.3 is 20.1 Å². The number of aromatic hydroxyl groups is 1. The van der Waals surface area contributed by atoms with Crippen LogP contribution in [0.5, 0.6) is 11.5 Å². The molecule has 5 rings (SSSR count). The second-order valence-corrected chi connectivity index (χ2v) is 11.6. The molecule has 2 aliphatic carbocycles. The number of benzene rings is 1. The average molecular weight is 603 g/mol. The van der Waals surface area contributed by atoms with E-state index in [1.54, 1.807) is 6.07 Å². The fourth-order valence-electron chi connectivity index (χ4n) is 7.24. The van der Waals surface area contributed by atoms with E-state index in [9.17, 15) is 33.9 Å². The molecular weight excluding hydrogens is 572 g/mol. The molecule has 6 unspecified atom stereocenters. The quantitative estimate of drug-likeness (QED) is 0.266. The van der Waals surface area contributed by atoms with Crippen LogP contribution in [0.15, 0.2) is 23.8 Å². The lowest BCUT2D eigenvalue weighted by Gasteiger charge is -2.44. The van der Waals surface area contributed by atoms with E-state index in [1.807, 2.05) is 6.08 Å². The lowest BCUT2D eigenvalue weighted by atomic mass is 9.57. The van der Waals surface area contributed by atoms with Gasteiger partial charge in [-0.1, -0.05) is 23.3 Å². The molecule has 224 valence electrons. The maximum atomic E-state index is 13.8. The molecule has 2 saturated heterocycles. The third-order valence-electron chi connectivity index (χ3n) is 9.01. The maximum absolute atomic E-state index is 13.8. The van der Waals surface area contributed by atoms with Gasteiger partial charge in [0.15, 0.2) is 11.5 Å². The second-order valence-electron chi connectivity index (χ2n) is 11.2. The molecule has 1 aromatic carbocycles. The van der Waals surface area contributed by atoms with Crippen molar-refractivity contribution < 1.29 is 48.8 Å². The van der Waals surface area contributed by atoms with Crippen molar-refractivity contribution >= 4 is 47.2 Å². The molecule has 4 aliphatic rings. The number of phenols is 1. The van der Waals surface area contributed by atoms with Crippen LogP contribution < -0.4 is 4.74 Å². The van der Waals surface area contributed by atoms with E-state index in [0.29, 0.717) is 5.56 Å². The number of nitrogens with zero attached hydrogens (tertiary/aromatic N) is 2. The fourth-order valence-corrected chi connectivity index (χ4v) is 7.46. The monoisotopic (exact) mass is 602 g/mol. The molecule has 6 atom stereocenters. The number of carbonyl (C=O) groups excluding carboxylic acids is 4. The summed E-state index contributed by atoms with van der Waals surface area (Å²) >= 11 is 6.33. The standard InChI is InChI=1S/C29H31ClN2O10/c1-42-19-11-13(10-18(30)25(19)37)22-14-6-7-15-23(28(40)31(26(15)38)8-2-4-20(33)34)16(14)12-17-24(22)29(41)32(27(17)39)9-3-5-21(35)36/h6,10-11,15-17,22-24,37H,2-5,7-9,12H2,1H3,(H,33,34)(H,35,36). The first kappa shape index (κ1) is 29.6. The van der Waals surface area contributed by atoms with E-state index >= 15 is 0 Å². The summed E-state index contributed by atoms with van der Waals surface area (Å²) in [5.74, 6) is -8.37. The van der Waals surface area contributed by atoms with Crippen molar-refractivity contribution in [3.8, 4) is 11.5 Å². The minimum atomic E-state index is -1.05. The molecule has 3 fully saturated rings. The molecule has 2 heterocycles. The molecule has 0 radical (unpaired) electrons. The summed E-state index contributed by atoms with van der Waals surface area (Å²) in [4.78, 5) is 78.7. The Morgan fingerprint density at radius 1 is 0.881 bits per heavy atom. The molecule has 1 aromatic rings. The van der Waals surface area contributed by atoms with Crippen LogP contribution in [0, 0.1) is 29.6 Å². The van der Waals surface area contributed by atoms with Gasteiger partial charge >= 0.3 is 11.9 Å². The van der Waals surface area contributed by atoms with Gasteiger partial charge in [-0.05, 0) is 49.3 Å². The highest BCUT2D eigenvalue weighted by Gasteiger charge is 2.61. The van der Waals surface area contributed by atoms with Gasteiger partial charge in [-0.15, -0.1) is 0 Å². The average Bonchev–Trinajstić information content (AvgIpc) is 3.33. The lowest BCUT2D eigenvalue weighted by Crippen LogP contribution is -2.43. The Hall–Kier alpha value is -3.93. The molecule has 0 aromatic heterocycles. The molecule has 0 spiro atoms. The molecule has 4 amide bonds. The summed E-state index contributed by atoms with van der Waals surface area (Å²) in [6.07, 6.45) is 2.04. The van der Waals surface area contributed by atoms with Gasteiger partial charge in [0.1, 0.15) is 0 Å². The minimum Gasteiger partial charge on any atom is -0.503 e. The van der Waals surface area contributed by atoms with Gasteiger partial charge in [-0.3, -0.25) is 38.6 Å². The van der Waals surface area contributed by atoms with Gasteiger partial charge in [0.2, 0.25) is 23.6 Å². The first-order valence-electron chi connectivity index (χ1n) is 13.9. The molecule has 13 heteroatoms. The minimum absolute atomic E-state index is 0.0198. The van der Waals surface area contributed by atoms with Crippen LogP contribution in [0.2, 0.25) is 5.02 Å². The maximum Gasteiger partial charge on any atom is 0.303 e. The van der Waals surface area contributed by atoms with Gasteiger partial charge in [-0.2, -0.15) is 0 Å². The van der Waals surface area contributed by atoms with Crippen LogP contribution in [-0.2, 0) is 28.8 Å². The van der Waals surface area contributed by atoms with E-state index in [4.69, 9.17) is 26.6 Å². The number of amides is 4. The van der Waals surface area contributed by atoms with Crippen molar-refractivity contribution in [1.29, 1.82) is 0 Å². The number of fused-ring (bicyclic) bond motifs is 4. The number of rotatable bonds is 10. The van der Waals surface area contributed by atoms with E-state index in [0.717, 1.165) is 15.4 Å². The van der Waals surface area contributed by atoms with E-state index < -0.39 is 65.2 Å². The van der Waals surface area contributed by atoms with Crippen LogP contribution in [0.25, 0.3) is 0 Å². The van der Waals surface area contributed by atoms with Gasteiger partial charge in [-0.25, -0.2) is 0 Å². The molecule has 0 bridgehead atoms. The van der Waals surface area contributed by atoms with Crippen LogP contribution in [0.4, 0.5) is 0 Å². The van der Waals surface area contributed by atoms with Crippen molar-refractivity contribution in [3.63, 3.8) is 0 Å². The Labute approximate surface area is 245 Å². The Kier molecular flexibility index (Phi) is 8.02. The second kappa shape index (κ2) is 11.4. The number of carboxylic acid groups (broad SMARTS) is 2. The molecule has 1 saturated carbocycles.